The molecule has 0 unspecified atom stereocenters. The third kappa shape index (κ3) is 5.66. The van der Waals surface area contributed by atoms with E-state index in [0.29, 0.717) is 11.4 Å². The summed E-state index contributed by atoms with van der Waals surface area (Å²) in [5, 5.41) is 6.87. The summed E-state index contributed by atoms with van der Waals surface area (Å²) in [6, 6.07) is 15.9. The highest BCUT2D eigenvalue weighted by Crippen LogP contribution is 2.18. The van der Waals surface area contributed by atoms with E-state index in [4.69, 9.17) is 9.47 Å². The number of rotatable bonds is 9. The van der Waals surface area contributed by atoms with Crippen molar-refractivity contribution in [1.29, 1.82) is 0 Å². The van der Waals surface area contributed by atoms with Gasteiger partial charge in [0.1, 0.15) is 11.5 Å². The van der Waals surface area contributed by atoms with Crippen molar-refractivity contribution in [2.75, 3.05) is 17.1 Å². The molecular weight excluding hydrogens is 460 g/mol. The van der Waals surface area contributed by atoms with Gasteiger partial charge in [-0.05, 0) is 60.7 Å². The first-order valence-electron chi connectivity index (χ1n) is 9.94. The molecule has 12 heteroatoms. The maximum absolute atomic E-state index is 12.5. The number of carbonyl (C=O) groups excluding carboxylic acids is 1. The molecule has 0 fully saturated rings. The first-order chi connectivity index (χ1) is 16.4. The number of carbonyl (C=O) groups is 1. The van der Waals surface area contributed by atoms with Gasteiger partial charge >= 0.3 is 0 Å². The molecule has 2 heterocycles. The molecular formula is C22H20N6O5S. The van der Waals surface area contributed by atoms with Crippen molar-refractivity contribution in [2.24, 2.45) is 0 Å². The number of sulfonamides is 1. The second kappa shape index (κ2) is 10.0. The zero-order valence-electron chi connectivity index (χ0n) is 18.0. The second-order valence-corrected chi connectivity index (χ2v) is 8.53. The van der Waals surface area contributed by atoms with Crippen LogP contribution in [0.25, 0.3) is 0 Å². The van der Waals surface area contributed by atoms with Crippen LogP contribution < -0.4 is 19.5 Å². The van der Waals surface area contributed by atoms with Crippen LogP contribution >= 0.6 is 0 Å². The molecule has 0 bridgehead atoms. The largest absolute Gasteiger partial charge is 0.497 e. The zero-order chi connectivity index (χ0) is 24.0. The lowest BCUT2D eigenvalue weighted by Crippen LogP contribution is -2.16. The molecule has 11 nitrogen and oxygen atoms in total. The van der Waals surface area contributed by atoms with Gasteiger partial charge in [-0.25, -0.2) is 27.8 Å². The van der Waals surface area contributed by atoms with Gasteiger partial charge in [0.15, 0.2) is 12.4 Å². The van der Waals surface area contributed by atoms with Crippen LogP contribution in [0.5, 0.6) is 11.5 Å². The van der Waals surface area contributed by atoms with E-state index in [9.17, 15) is 13.2 Å². The molecule has 34 heavy (non-hydrogen) atoms. The van der Waals surface area contributed by atoms with E-state index in [0.717, 1.165) is 5.75 Å². The van der Waals surface area contributed by atoms with Crippen LogP contribution in [-0.4, -0.2) is 41.2 Å². The van der Waals surface area contributed by atoms with Crippen LogP contribution in [0, 0.1) is 0 Å². The molecule has 2 aromatic carbocycles. The molecule has 0 atom stereocenters. The highest BCUT2D eigenvalue weighted by atomic mass is 32.2. The minimum atomic E-state index is -3.86. The molecule has 0 radical (unpaired) electrons. The summed E-state index contributed by atoms with van der Waals surface area (Å²) >= 11 is 0. The number of nitrogens with one attached hydrogen (secondary N) is 2. The van der Waals surface area contributed by atoms with Gasteiger partial charge in [-0.15, -0.1) is 0 Å². The van der Waals surface area contributed by atoms with Crippen molar-refractivity contribution in [1.82, 2.24) is 19.7 Å². The van der Waals surface area contributed by atoms with E-state index < -0.39 is 15.9 Å². The molecule has 4 rings (SSSR count). The van der Waals surface area contributed by atoms with Crippen molar-refractivity contribution in [3.63, 3.8) is 0 Å². The van der Waals surface area contributed by atoms with E-state index in [1.165, 1.54) is 41.3 Å². The van der Waals surface area contributed by atoms with Crippen LogP contribution in [0.2, 0.25) is 0 Å². The summed E-state index contributed by atoms with van der Waals surface area (Å²) in [7, 11) is -2.28. The van der Waals surface area contributed by atoms with Crippen molar-refractivity contribution in [3.05, 3.63) is 84.9 Å². The molecule has 0 spiro atoms. The summed E-state index contributed by atoms with van der Waals surface area (Å²) in [5.41, 5.74) is 0.585. The van der Waals surface area contributed by atoms with Gasteiger partial charge in [0.05, 0.1) is 12.0 Å². The average Bonchev–Trinajstić information content (AvgIpc) is 3.33. The summed E-state index contributed by atoms with van der Waals surface area (Å²) < 4.78 is 39.4. The van der Waals surface area contributed by atoms with Gasteiger partial charge < -0.3 is 14.8 Å². The predicted octanol–water partition coefficient (Wildman–Crippen LogP) is 2.77. The Bertz CT molecular complexity index is 1360. The predicted molar refractivity (Wildman–Crippen MR) is 123 cm³/mol. The Morgan fingerprint density at radius 3 is 2.32 bits per heavy atom. The molecule has 0 saturated carbocycles. The fourth-order valence-corrected chi connectivity index (χ4v) is 3.77. The molecule has 1 amide bonds. The maximum atomic E-state index is 12.5. The smallest absolute Gasteiger partial charge is 0.276 e. The molecule has 0 aliphatic rings. The van der Waals surface area contributed by atoms with Crippen LogP contribution in [-0.2, 0) is 16.8 Å². The molecule has 2 N–H and O–H groups in total. The Morgan fingerprint density at radius 2 is 1.65 bits per heavy atom. The minimum Gasteiger partial charge on any atom is -0.497 e. The maximum Gasteiger partial charge on any atom is 0.276 e. The number of ether oxygens (including phenoxy) is 2. The number of aromatic nitrogens is 4. The standard InChI is InChI=1S/C22H20N6O5S/c1-32-17-5-7-18(8-6-17)33-15-28-14-11-20(26-28)21(29)25-16-3-9-19(10-4-16)34(30,31)27-22-23-12-2-13-24-22/h2-14H,15H2,1H3,(H,25,29)(H,23,24,27). The van der Waals surface area contributed by atoms with Gasteiger partial charge in [0.25, 0.3) is 15.9 Å². The third-order valence-electron chi connectivity index (χ3n) is 4.51. The van der Waals surface area contributed by atoms with E-state index in [1.807, 2.05) is 0 Å². The topological polar surface area (TPSA) is 137 Å². The van der Waals surface area contributed by atoms with Crippen LogP contribution in [0.3, 0.4) is 0 Å². The average molecular weight is 481 g/mol. The minimum absolute atomic E-state index is 0.00193. The number of amides is 1. The molecule has 0 saturated heterocycles. The molecule has 0 aliphatic carbocycles. The van der Waals surface area contributed by atoms with E-state index >= 15 is 0 Å². The fraction of sp³-hybridized carbons (Fsp3) is 0.0909. The summed E-state index contributed by atoms with van der Waals surface area (Å²) in [4.78, 5) is 20.2. The lowest BCUT2D eigenvalue weighted by Gasteiger charge is -2.08. The number of methoxy groups -OCH3 is 1. The Morgan fingerprint density at radius 1 is 0.971 bits per heavy atom. The van der Waals surface area contributed by atoms with Gasteiger partial charge in [-0.2, -0.15) is 5.10 Å². The number of hydrogen-bond acceptors (Lipinski definition) is 8. The monoisotopic (exact) mass is 480 g/mol. The van der Waals surface area contributed by atoms with Crippen molar-refractivity contribution in [2.45, 2.75) is 11.6 Å². The van der Waals surface area contributed by atoms with E-state index in [1.54, 1.807) is 49.7 Å². The van der Waals surface area contributed by atoms with Gasteiger partial charge in [0, 0.05) is 24.3 Å². The highest BCUT2D eigenvalue weighted by molar-refractivity contribution is 7.92. The first kappa shape index (κ1) is 22.7. The Hall–Kier alpha value is -4.45. The van der Waals surface area contributed by atoms with Gasteiger partial charge in [0.2, 0.25) is 5.95 Å². The molecule has 4 aromatic rings. The summed E-state index contributed by atoms with van der Waals surface area (Å²) in [5.74, 6) is 0.865. The number of hydrogen-bond donors (Lipinski definition) is 2. The quantitative estimate of drug-likeness (QED) is 0.373. The molecule has 0 aliphatic heterocycles. The van der Waals surface area contributed by atoms with Crippen LogP contribution in [0.15, 0.2) is 84.1 Å². The number of anilines is 2. The Kier molecular flexibility index (Phi) is 6.69. The summed E-state index contributed by atoms with van der Waals surface area (Å²) in [6.07, 6.45) is 4.47. The van der Waals surface area contributed by atoms with Gasteiger partial charge in [-0.3, -0.25) is 4.79 Å². The lowest BCUT2D eigenvalue weighted by atomic mass is 10.3. The van der Waals surface area contributed by atoms with E-state index in [-0.39, 0.29) is 23.3 Å². The Labute approximate surface area is 195 Å². The van der Waals surface area contributed by atoms with E-state index in [2.05, 4.69) is 25.1 Å². The van der Waals surface area contributed by atoms with Crippen LogP contribution in [0.1, 0.15) is 10.5 Å². The molecule has 2 aromatic heterocycles. The lowest BCUT2D eigenvalue weighted by molar-refractivity contribution is 0.102. The second-order valence-electron chi connectivity index (χ2n) is 6.85. The van der Waals surface area contributed by atoms with Crippen molar-refractivity contribution < 1.29 is 22.7 Å². The number of nitrogens with zero attached hydrogens (tertiary/aromatic N) is 4. The third-order valence-corrected chi connectivity index (χ3v) is 5.85. The number of benzene rings is 2. The molecule has 174 valence electrons. The van der Waals surface area contributed by atoms with Crippen molar-refractivity contribution >= 4 is 27.6 Å². The summed E-state index contributed by atoms with van der Waals surface area (Å²) in [6.45, 7) is 0.115. The highest BCUT2D eigenvalue weighted by Gasteiger charge is 2.16. The van der Waals surface area contributed by atoms with Crippen LogP contribution in [0.4, 0.5) is 11.6 Å². The zero-order valence-corrected chi connectivity index (χ0v) is 18.8. The Balaban J connectivity index is 1.34. The van der Waals surface area contributed by atoms with Gasteiger partial charge in [-0.1, -0.05) is 0 Å². The SMILES string of the molecule is COc1ccc(OCn2ccc(C(=O)Nc3ccc(S(=O)(=O)Nc4ncccn4)cc3)n2)cc1. The van der Waals surface area contributed by atoms with Crippen molar-refractivity contribution in [3.8, 4) is 11.5 Å². The fourth-order valence-electron chi connectivity index (χ4n) is 2.81. The first-order valence-corrected chi connectivity index (χ1v) is 11.4. The normalized spacial score (nSPS) is 11.0.